The van der Waals surface area contributed by atoms with Gasteiger partial charge < -0.3 is 4.98 Å². The van der Waals surface area contributed by atoms with Gasteiger partial charge in [0.15, 0.2) is 5.65 Å². The Morgan fingerprint density at radius 1 is 1.15 bits per heavy atom. The number of halogens is 1. The molecule has 0 saturated carbocycles. The van der Waals surface area contributed by atoms with Gasteiger partial charge in [-0.1, -0.05) is 6.07 Å². The van der Waals surface area contributed by atoms with Crippen LogP contribution < -0.4 is 5.69 Å². The molecule has 0 aliphatic carbocycles. The number of hydrogen-bond donors (Lipinski definition) is 1. The zero-order chi connectivity index (χ0) is 18.4. The number of hydrogen-bond acceptors (Lipinski definition) is 5. The van der Waals surface area contributed by atoms with Gasteiger partial charge in [0.05, 0.1) is 23.8 Å². The molecule has 0 atom stereocenters. The van der Waals surface area contributed by atoms with E-state index >= 15 is 0 Å². The molecule has 8 nitrogen and oxygen atoms in total. The van der Waals surface area contributed by atoms with Crippen LogP contribution in [0.15, 0.2) is 60.0 Å². The molecule has 5 aromatic rings. The summed E-state index contributed by atoms with van der Waals surface area (Å²) in [6, 6.07) is 8.02. The Morgan fingerprint density at radius 3 is 2.93 bits per heavy atom. The molecule has 0 spiro atoms. The zero-order valence-corrected chi connectivity index (χ0v) is 13.9. The molecule has 0 aliphatic heterocycles. The minimum Gasteiger partial charge on any atom is -0.303 e. The van der Waals surface area contributed by atoms with Gasteiger partial charge in [-0.2, -0.15) is 4.98 Å². The third kappa shape index (κ3) is 2.56. The summed E-state index contributed by atoms with van der Waals surface area (Å²) in [5.74, 6) is -0.0180. The van der Waals surface area contributed by atoms with E-state index in [1.807, 2.05) is 12.1 Å². The Labute approximate surface area is 151 Å². The minimum absolute atomic E-state index is 0.280. The van der Waals surface area contributed by atoms with Gasteiger partial charge in [0.1, 0.15) is 17.7 Å². The van der Waals surface area contributed by atoms with Gasteiger partial charge in [-0.3, -0.25) is 14.1 Å². The molecular formula is C18H12FN7O. The van der Waals surface area contributed by atoms with E-state index in [4.69, 9.17) is 0 Å². The zero-order valence-electron chi connectivity index (χ0n) is 13.9. The summed E-state index contributed by atoms with van der Waals surface area (Å²) in [4.78, 5) is 32.2. The summed E-state index contributed by atoms with van der Waals surface area (Å²) < 4.78 is 16.6. The maximum Gasteiger partial charge on any atom is 0.328 e. The lowest BCUT2D eigenvalue weighted by Crippen LogP contribution is -2.18. The van der Waals surface area contributed by atoms with Gasteiger partial charge in [-0.25, -0.2) is 19.2 Å². The van der Waals surface area contributed by atoms with Crippen LogP contribution in [0.3, 0.4) is 0 Å². The molecule has 0 saturated heterocycles. The maximum atomic E-state index is 13.4. The van der Waals surface area contributed by atoms with Crippen LogP contribution in [-0.2, 0) is 6.54 Å². The average Bonchev–Trinajstić information content (AvgIpc) is 3.23. The number of nitrogens with one attached hydrogen (secondary N) is 1. The molecule has 27 heavy (non-hydrogen) atoms. The second kappa shape index (κ2) is 5.84. The molecule has 9 heteroatoms. The Balaban J connectivity index is 1.66. The molecule has 0 fully saturated rings. The third-order valence-corrected chi connectivity index (χ3v) is 4.29. The Morgan fingerprint density at radius 2 is 2.07 bits per heavy atom. The van der Waals surface area contributed by atoms with Crippen molar-refractivity contribution < 1.29 is 4.39 Å². The van der Waals surface area contributed by atoms with Crippen LogP contribution in [0.4, 0.5) is 4.39 Å². The number of benzene rings is 1. The van der Waals surface area contributed by atoms with Crippen molar-refractivity contribution in [3.63, 3.8) is 0 Å². The van der Waals surface area contributed by atoms with Gasteiger partial charge in [0.25, 0.3) is 0 Å². The standard InChI is InChI=1S/C18H12FN7O/c19-12-3-4-15-13(6-12)22-10-26(15)17-21-8-14-16(24-17)25(18(27)23-14)9-11-2-1-5-20-7-11/h1-8,10H,9H2,(H,23,27). The average molecular weight is 361 g/mol. The molecule has 0 unspecified atom stereocenters. The monoisotopic (exact) mass is 361 g/mol. The highest BCUT2D eigenvalue weighted by molar-refractivity contribution is 5.77. The fraction of sp³-hybridized carbons (Fsp3) is 0.0556. The van der Waals surface area contributed by atoms with Crippen molar-refractivity contribution in [3.05, 3.63) is 77.1 Å². The van der Waals surface area contributed by atoms with E-state index in [0.29, 0.717) is 34.7 Å². The second-order valence-electron chi connectivity index (χ2n) is 6.03. The first kappa shape index (κ1) is 15.4. The summed E-state index contributed by atoms with van der Waals surface area (Å²) >= 11 is 0. The third-order valence-electron chi connectivity index (χ3n) is 4.29. The van der Waals surface area contributed by atoms with Gasteiger partial charge >= 0.3 is 5.69 Å². The van der Waals surface area contributed by atoms with Crippen molar-refractivity contribution in [2.24, 2.45) is 0 Å². The fourth-order valence-corrected chi connectivity index (χ4v) is 3.02. The lowest BCUT2D eigenvalue weighted by molar-refractivity contribution is 0.629. The minimum atomic E-state index is -0.361. The maximum absolute atomic E-state index is 13.4. The summed E-state index contributed by atoms with van der Waals surface area (Å²) in [5, 5.41) is 0. The molecule has 1 N–H and O–H groups in total. The van der Waals surface area contributed by atoms with Crippen molar-refractivity contribution in [1.29, 1.82) is 0 Å². The highest BCUT2D eigenvalue weighted by Gasteiger charge is 2.13. The number of pyridine rings is 1. The van der Waals surface area contributed by atoms with Crippen molar-refractivity contribution in [2.75, 3.05) is 0 Å². The van der Waals surface area contributed by atoms with Crippen molar-refractivity contribution in [3.8, 4) is 5.95 Å². The predicted octanol–water partition coefficient (Wildman–Crippen LogP) is 2.04. The van der Waals surface area contributed by atoms with Crippen LogP contribution in [0.25, 0.3) is 28.1 Å². The lowest BCUT2D eigenvalue weighted by Gasteiger charge is -2.05. The van der Waals surface area contributed by atoms with Gasteiger partial charge in [-0.15, -0.1) is 0 Å². The number of H-pyrrole nitrogens is 1. The van der Waals surface area contributed by atoms with E-state index in [2.05, 4.69) is 24.9 Å². The summed E-state index contributed by atoms with van der Waals surface area (Å²) in [7, 11) is 0. The molecule has 132 valence electrons. The first-order valence-corrected chi connectivity index (χ1v) is 8.16. The molecule has 5 rings (SSSR count). The SMILES string of the molecule is O=c1[nH]c2cnc(-n3cnc4cc(F)ccc43)nc2n1Cc1cccnc1. The molecule has 0 bridgehead atoms. The van der Waals surface area contributed by atoms with E-state index in [1.165, 1.54) is 23.0 Å². The van der Waals surface area contributed by atoms with Crippen molar-refractivity contribution >= 4 is 22.2 Å². The molecule has 4 heterocycles. The normalized spacial score (nSPS) is 11.4. The number of aromatic nitrogens is 7. The predicted molar refractivity (Wildman–Crippen MR) is 96.1 cm³/mol. The number of rotatable bonds is 3. The Hall–Kier alpha value is -3.88. The smallest absolute Gasteiger partial charge is 0.303 e. The molecule has 0 aliphatic rings. The summed E-state index contributed by atoms with van der Waals surface area (Å²) in [5.41, 5.74) is 2.77. The van der Waals surface area contributed by atoms with Gasteiger partial charge in [0.2, 0.25) is 5.95 Å². The quantitative estimate of drug-likeness (QED) is 0.531. The Kier molecular flexibility index (Phi) is 3.32. The van der Waals surface area contributed by atoms with Crippen molar-refractivity contribution in [2.45, 2.75) is 6.54 Å². The second-order valence-corrected chi connectivity index (χ2v) is 6.03. The van der Waals surface area contributed by atoms with E-state index < -0.39 is 0 Å². The van der Waals surface area contributed by atoms with E-state index in [-0.39, 0.29) is 11.5 Å². The number of aromatic amines is 1. The van der Waals surface area contributed by atoms with Crippen LogP contribution in [0.2, 0.25) is 0 Å². The fourth-order valence-electron chi connectivity index (χ4n) is 3.02. The summed E-state index contributed by atoms with van der Waals surface area (Å²) in [6.45, 7) is 0.332. The largest absolute Gasteiger partial charge is 0.328 e. The lowest BCUT2D eigenvalue weighted by atomic mass is 10.3. The number of nitrogens with zero attached hydrogens (tertiary/aromatic N) is 6. The van der Waals surface area contributed by atoms with Gasteiger partial charge in [-0.05, 0) is 23.8 Å². The summed E-state index contributed by atoms with van der Waals surface area (Å²) in [6.07, 6.45) is 6.45. The van der Waals surface area contributed by atoms with Crippen LogP contribution in [-0.4, -0.2) is 34.1 Å². The van der Waals surface area contributed by atoms with Gasteiger partial charge in [0, 0.05) is 18.5 Å². The van der Waals surface area contributed by atoms with Crippen LogP contribution >= 0.6 is 0 Å². The topological polar surface area (TPSA) is 94.3 Å². The highest BCUT2D eigenvalue weighted by Crippen LogP contribution is 2.18. The molecule has 0 amide bonds. The first-order chi connectivity index (χ1) is 13.2. The molecule has 0 radical (unpaired) electrons. The first-order valence-electron chi connectivity index (χ1n) is 8.16. The highest BCUT2D eigenvalue weighted by atomic mass is 19.1. The van der Waals surface area contributed by atoms with Crippen molar-refractivity contribution in [1.82, 2.24) is 34.1 Å². The molecule has 1 aromatic carbocycles. The van der Waals surface area contributed by atoms with E-state index in [1.54, 1.807) is 29.2 Å². The number of fused-ring (bicyclic) bond motifs is 2. The van der Waals surface area contributed by atoms with E-state index in [9.17, 15) is 9.18 Å². The Bertz CT molecular complexity index is 1340. The van der Waals surface area contributed by atoms with Crippen LogP contribution in [0.5, 0.6) is 0 Å². The number of imidazole rings is 2. The van der Waals surface area contributed by atoms with Crippen LogP contribution in [0, 0.1) is 5.82 Å². The molecule has 4 aromatic heterocycles. The van der Waals surface area contributed by atoms with E-state index in [0.717, 1.165) is 5.56 Å². The van der Waals surface area contributed by atoms with Crippen LogP contribution in [0.1, 0.15) is 5.56 Å². The molecular weight excluding hydrogens is 349 g/mol.